The predicted octanol–water partition coefficient (Wildman–Crippen LogP) is 3.16. The van der Waals surface area contributed by atoms with Crippen LogP contribution in [0.3, 0.4) is 0 Å². The van der Waals surface area contributed by atoms with Crippen molar-refractivity contribution >= 4 is 11.3 Å². The van der Waals surface area contributed by atoms with Gasteiger partial charge >= 0.3 is 0 Å². The molecule has 0 atom stereocenters. The van der Waals surface area contributed by atoms with E-state index in [-0.39, 0.29) is 5.60 Å². The average Bonchev–Trinajstić information content (AvgIpc) is 2.66. The minimum atomic E-state index is -0.268. The number of thiazole rings is 1. The molecule has 1 rings (SSSR count). The van der Waals surface area contributed by atoms with Gasteiger partial charge in [-0.25, -0.2) is 4.98 Å². The molecule has 0 saturated heterocycles. The molecule has 1 N–H and O–H groups in total. The van der Waals surface area contributed by atoms with E-state index < -0.39 is 0 Å². The topological polar surface area (TPSA) is 34.1 Å². The fraction of sp³-hybridized carbons (Fsp3) is 0.769. The summed E-state index contributed by atoms with van der Waals surface area (Å²) in [7, 11) is 0. The lowest BCUT2D eigenvalue weighted by molar-refractivity contribution is -0.0141. The first kappa shape index (κ1) is 14.6. The number of hydrogen-bond donors (Lipinski definition) is 1. The van der Waals surface area contributed by atoms with Crippen LogP contribution in [0.15, 0.2) is 6.20 Å². The van der Waals surface area contributed by atoms with E-state index in [4.69, 9.17) is 4.74 Å². The van der Waals surface area contributed by atoms with Gasteiger partial charge < -0.3 is 10.1 Å². The highest BCUT2D eigenvalue weighted by atomic mass is 32.1. The van der Waals surface area contributed by atoms with Gasteiger partial charge in [0.15, 0.2) is 0 Å². The van der Waals surface area contributed by atoms with Crippen molar-refractivity contribution in [3.05, 3.63) is 16.1 Å². The lowest BCUT2D eigenvalue weighted by atomic mass is 10.1. The zero-order valence-corrected chi connectivity index (χ0v) is 12.4. The van der Waals surface area contributed by atoms with Crippen molar-refractivity contribution in [2.75, 3.05) is 13.2 Å². The highest BCUT2D eigenvalue weighted by Gasteiger charge is 2.24. The van der Waals surface area contributed by atoms with E-state index in [9.17, 15) is 0 Å². The molecule has 1 aromatic heterocycles. The van der Waals surface area contributed by atoms with Crippen LogP contribution in [0.25, 0.3) is 0 Å². The van der Waals surface area contributed by atoms with Crippen molar-refractivity contribution in [3.8, 4) is 0 Å². The minimum Gasteiger partial charge on any atom is -0.369 e. The normalized spacial score (nSPS) is 12.4. The van der Waals surface area contributed by atoms with Crippen molar-refractivity contribution in [2.45, 2.75) is 46.8 Å². The summed E-state index contributed by atoms with van der Waals surface area (Å²) in [6.45, 7) is 13.2. The smallest absolute Gasteiger partial charge is 0.124 e. The summed E-state index contributed by atoms with van der Waals surface area (Å²) in [4.78, 5) is 5.73. The van der Waals surface area contributed by atoms with E-state index in [2.05, 4.69) is 38.0 Å². The van der Waals surface area contributed by atoms with Gasteiger partial charge in [-0.1, -0.05) is 13.8 Å². The highest BCUT2D eigenvalue weighted by Crippen LogP contribution is 2.28. The summed E-state index contributed by atoms with van der Waals surface area (Å²) in [5, 5.41) is 4.48. The van der Waals surface area contributed by atoms with Gasteiger partial charge in [-0.15, -0.1) is 11.3 Å². The second-order valence-electron chi connectivity index (χ2n) is 5.10. The maximum absolute atomic E-state index is 5.70. The van der Waals surface area contributed by atoms with Crippen LogP contribution in [0.1, 0.15) is 44.5 Å². The number of rotatable bonds is 7. The van der Waals surface area contributed by atoms with Gasteiger partial charge in [0.25, 0.3) is 0 Å². The van der Waals surface area contributed by atoms with E-state index in [1.165, 1.54) is 4.88 Å². The van der Waals surface area contributed by atoms with Gasteiger partial charge in [0.05, 0.1) is 0 Å². The first-order valence-electron chi connectivity index (χ1n) is 6.25. The van der Waals surface area contributed by atoms with Crippen LogP contribution in [0.5, 0.6) is 0 Å². The number of nitrogens with one attached hydrogen (secondary N) is 1. The van der Waals surface area contributed by atoms with E-state index in [1.54, 1.807) is 11.3 Å². The number of ether oxygens (including phenoxy) is 1. The van der Waals surface area contributed by atoms with E-state index in [0.717, 1.165) is 18.1 Å². The summed E-state index contributed by atoms with van der Waals surface area (Å²) >= 11 is 1.73. The zero-order chi connectivity index (χ0) is 12.9. The molecule has 0 bridgehead atoms. The van der Waals surface area contributed by atoms with Crippen LogP contribution >= 0.6 is 11.3 Å². The summed E-state index contributed by atoms with van der Waals surface area (Å²) < 4.78 is 5.70. The molecule has 0 aliphatic carbocycles. The molecule has 1 aromatic rings. The molecule has 0 aromatic carbocycles. The molecule has 0 unspecified atom stereocenters. The van der Waals surface area contributed by atoms with E-state index >= 15 is 0 Å². The summed E-state index contributed by atoms with van der Waals surface area (Å²) in [6, 6.07) is 0. The van der Waals surface area contributed by atoms with Crippen LogP contribution < -0.4 is 5.32 Å². The van der Waals surface area contributed by atoms with E-state index in [0.29, 0.717) is 12.5 Å². The number of nitrogens with zero attached hydrogens (tertiary/aromatic N) is 1. The summed E-state index contributed by atoms with van der Waals surface area (Å²) in [6.07, 6.45) is 1.95. The molecule has 0 aliphatic heterocycles. The van der Waals surface area contributed by atoms with E-state index in [1.807, 2.05) is 13.1 Å². The maximum atomic E-state index is 5.70. The molecule has 0 aliphatic rings. The lowest BCUT2D eigenvalue weighted by Gasteiger charge is -2.21. The summed E-state index contributed by atoms with van der Waals surface area (Å²) in [5.41, 5.74) is -0.268. The SMILES string of the molecule is CCOC(C)(C)c1ncc(CNCC(C)C)s1. The Balaban J connectivity index is 2.53. The molecule has 0 saturated carbocycles. The second kappa shape index (κ2) is 6.47. The minimum absolute atomic E-state index is 0.268. The van der Waals surface area contributed by atoms with Gasteiger partial charge in [0, 0.05) is 24.2 Å². The highest BCUT2D eigenvalue weighted by molar-refractivity contribution is 7.11. The predicted molar refractivity (Wildman–Crippen MR) is 73.3 cm³/mol. The van der Waals surface area contributed by atoms with Crippen LogP contribution in [0, 0.1) is 5.92 Å². The van der Waals surface area contributed by atoms with Gasteiger partial charge in [0.2, 0.25) is 0 Å². The zero-order valence-electron chi connectivity index (χ0n) is 11.5. The van der Waals surface area contributed by atoms with Crippen LogP contribution in [-0.4, -0.2) is 18.1 Å². The molecule has 17 heavy (non-hydrogen) atoms. The Morgan fingerprint density at radius 3 is 2.76 bits per heavy atom. The number of aromatic nitrogens is 1. The molecule has 98 valence electrons. The van der Waals surface area contributed by atoms with Crippen molar-refractivity contribution in [1.29, 1.82) is 0 Å². The Kier molecular flexibility index (Phi) is 5.56. The molecule has 4 heteroatoms. The lowest BCUT2D eigenvalue weighted by Crippen LogP contribution is -2.21. The third-order valence-electron chi connectivity index (χ3n) is 2.43. The van der Waals surface area contributed by atoms with Crippen LogP contribution in [0.2, 0.25) is 0 Å². The number of hydrogen-bond acceptors (Lipinski definition) is 4. The van der Waals surface area contributed by atoms with Gasteiger partial charge in [-0.2, -0.15) is 0 Å². The molecule has 0 fully saturated rings. The second-order valence-corrected chi connectivity index (χ2v) is 6.21. The maximum Gasteiger partial charge on any atom is 0.124 e. The molecular weight excluding hydrogens is 232 g/mol. The molecule has 1 heterocycles. The van der Waals surface area contributed by atoms with Crippen molar-refractivity contribution in [3.63, 3.8) is 0 Å². The summed E-state index contributed by atoms with van der Waals surface area (Å²) in [5.74, 6) is 0.683. The third kappa shape index (κ3) is 4.74. The average molecular weight is 256 g/mol. The molecular formula is C13H24N2OS. The van der Waals surface area contributed by atoms with Crippen LogP contribution in [-0.2, 0) is 16.9 Å². The Morgan fingerprint density at radius 1 is 1.47 bits per heavy atom. The monoisotopic (exact) mass is 256 g/mol. The third-order valence-corrected chi connectivity index (χ3v) is 3.73. The quantitative estimate of drug-likeness (QED) is 0.813. The van der Waals surface area contributed by atoms with Crippen molar-refractivity contribution in [1.82, 2.24) is 10.3 Å². The van der Waals surface area contributed by atoms with Crippen molar-refractivity contribution < 1.29 is 4.74 Å². The molecule has 0 amide bonds. The fourth-order valence-electron chi connectivity index (χ4n) is 1.57. The van der Waals surface area contributed by atoms with Gasteiger partial charge in [0.1, 0.15) is 10.6 Å². The molecule has 0 radical (unpaired) electrons. The fourth-order valence-corrected chi connectivity index (χ4v) is 2.51. The standard InChI is InChI=1S/C13H24N2OS/c1-6-16-13(4,5)12-15-9-11(17-12)8-14-7-10(2)3/h9-10,14H,6-8H2,1-5H3. The van der Waals surface area contributed by atoms with Gasteiger partial charge in [-0.3, -0.25) is 0 Å². The van der Waals surface area contributed by atoms with Crippen LogP contribution in [0.4, 0.5) is 0 Å². The van der Waals surface area contributed by atoms with Gasteiger partial charge in [-0.05, 0) is 33.2 Å². The first-order chi connectivity index (χ1) is 7.95. The Hall–Kier alpha value is -0.450. The molecule has 3 nitrogen and oxygen atoms in total. The Labute approximate surface area is 109 Å². The first-order valence-corrected chi connectivity index (χ1v) is 7.07. The Bertz CT molecular complexity index is 334. The van der Waals surface area contributed by atoms with Crippen molar-refractivity contribution in [2.24, 2.45) is 5.92 Å². The molecule has 0 spiro atoms. The largest absolute Gasteiger partial charge is 0.369 e. The Morgan fingerprint density at radius 2 is 2.18 bits per heavy atom.